The molecule has 3 heterocycles. The van der Waals surface area contributed by atoms with Crippen molar-refractivity contribution in [3.8, 4) is 11.6 Å². The standard InChI is InChI=1S/C19H15F6N7O4/c20-18(21,22)11-5-10(6-12(7-11)19(23,24)25)17(35)31-3-1-30(2-4-31)14-8-13(36-28-14)16-26-29-32(27-16)9-15(33)34/h5-8H,1-4,9H2,(H,33,34). The smallest absolute Gasteiger partial charge is 0.416 e. The topological polar surface area (TPSA) is 130 Å². The van der Waals surface area contributed by atoms with E-state index in [-0.39, 0.29) is 43.8 Å². The van der Waals surface area contributed by atoms with Gasteiger partial charge in [-0.3, -0.25) is 9.59 Å². The number of nitrogens with zero attached hydrogens (tertiary/aromatic N) is 7. The van der Waals surface area contributed by atoms with Crippen molar-refractivity contribution in [2.24, 2.45) is 0 Å². The molecular formula is C19H15F6N7O4. The fourth-order valence-electron chi connectivity index (χ4n) is 3.45. The van der Waals surface area contributed by atoms with Crippen LogP contribution in [0.5, 0.6) is 0 Å². The lowest BCUT2D eigenvalue weighted by molar-refractivity contribution is -0.143. The van der Waals surface area contributed by atoms with E-state index in [1.54, 1.807) is 4.90 Å². The Morgan fingerprint density at radius 1 is 0.944 bits per heavy atom. The van der Waals surface area contributed by atoms with Crippen molar-refractivity contribution >= 4 is 17.7 Å². The highest BCUT2D eigenvalue weighted by atomic mass is 19.4. The van der Waals surface area contributed by atoms with Gasteiger partial charge in [0, 0.05) is 37.8 Å². The number of carbonyl (C=O) groups is 2. The molecule has 36 heavy (non-hydrogen) atoms. The van der Waals surface area contributed by atoms with E-state index in [9.17, 15) is 35.9 Å². The molecule has 192 valence electrons. The summed E-state index contributed by atoms with van der Waals surface area (Å²) in [6.07, 6.45) is -10.1. The number of carbonyl (C=O) groups excluding carboxylic acids is 1. The van der Waals surface area contributed by atoms with Crippen molar-refractivity contribution in [1.82, 2.24) is 30.3 Å². The SMILES string of the molecule is O=C(O)Cn1nnc(-c2cc(N3CCN(C(=O)c4cc(C(F)(F)F)cc(C(F)(F)F)c4)CC3)no2)n1. The highest BCUT2D eigenvalue weighted by Crippen LogP contribution is 2.36. The predicted octanol–water partition coefficient (Wildman–Crippen LogP) is 2.41. The summed E-state index contributed by atoms with van der Waals surface area (Å²) in [5, 5.41) is 23.7. The molecule has 0 spiro atoms. The van der Waals surface area contributed by atoms with E-state index in [1.165, 1.54) is 6.07 Å². The van der Waals surface area contributed by atoms with Crippen molar-refractivity contribution in [1.29, 1.82) is 0 Å². The van der Waals surface area contributed by atoms with Gasteiger partial charge in [0.05, 0.1) is 11.1 Å². The van der Waals surface area contributed by atoms with E-state index in [1.807, 2.05) is 0 Å². The molecule has 0 saturated carbocycles. The number of benzene rings is 1. The summed E-state index contributed by atoms with van der Waals surface area (Å²) in [5.74, 6) is -1.77. The lowest BCUT2D eigenvalue weighted by Crippen LogP contribution is -2.49. The zero-order chi connectivity index (χ0) is 26.3. The molecule has 0 radical (unpaired) electrons. The van der Waals surface area contributed by atoms with Crippen molar-refractivity contribution in [3.63, 3.8) is 0 Å². The minimum Gasteiger partial charge on any atom is -0.480 e. The van der Waals surface area contributed by atoms with Gasteiger partial charge >= 0.3 is 18.3 Å². The van der Waals surface area contributed by atoms with E-state index in [0.29, 0.717) is 18.0 Å². The molecule has 3 aromatic rings. The van der Waals surface area contributed by atoms with Crippen LogP contribution in [0.3, 0.4) is 0 Å². The van der Waals surface area contributed by atoms with Gasteiger partial charge in [0.15, 0.2) is 12.4 Å². The van der Waals surface area contributed by atoms with Crippen LogP contribution in [0.4, 0.5) is 32.2 Å². The van der Waals surface area contributed by atoms with Crippen LogP contribution in [0, 0.1) is 0 Å². The number of aliphatic carboxylic acids is 1. The molecule has 1 N–H and O–H groups in total. The fourth-order valence-corrected chi connectivity index (χ4v) is 3.45. The molecule has 1 aromatic carbocycles. The van der Waals surface area contributed by atoms with E-state index in [2.05, 4.69) is 20.6 Å². The second-order valence-corrected chi connectivity index (χ2v) is 7.66. The molecule has 17 heteroatoms. The highest BCUT2D eigenvalue weighted by Gasteiger charge is 2.38. The average Bonchev–Trinajstić information content (AvgIpc) is 3.46. The van der Waals surface area contributed by atoms with Gasteiger partial charge in [-0.2, -0.15) is 31.1 Å². The Morgan fingerprint density at radius 2 is 1.56 bits per heavy atom. The number of amides is 1. The molecule has 0 aliphatic carbocycles. The zero-order valence-corrected chi connectivity index (χ0v) is 17.9. The number of alkyl halides is 6. The third-order valence-electron chi connectivity index (χ3n) is 5.17. The Balaban J connectivity index is 1.45. The maximum absolute atomic E-state index is 13.1. The summed E-state index contributed by atoms with van der Waals surface area (Å²) in [6, 6.07) is 2.21. The summed E-state index contributed by atoms with van der Waals surface area (Å²) in [4.78, 5) is 27.1. The zero-order valence-electron chi connectivity index (χ0n) is 17.9. The average molecular weight is 519 g/mol. The summed E-state index contributed by atoms with van der Waals surface area (Å²) in [5.41, 5.74) is -3.85. The van der Waals surface area contributed by atoms with E-state index < -0.39 is 47.5 Å². The number of hydrogen-bond acceptors (Lipinski definition) is 8. The van der Waals surface area contributed by atoms with Gasteiger partial charge in [-0.1, -0.05) is 5.16 Å². The van der Waals surface area contributed by atoms with Gasteiger partial charge in [-0.05, 0) is 23.4 Å². The third kappa shape index (κ3) is 5.38. The van der Waals surface area contributed by atoms with Crippen LogP contribution >= 0.6 is 0 Å². The van der Waals surface area contributed by atoms with Gasteiger partial charge in [0.25, 0.3) is 5.91 Å². The number of hydrogen-bond donors (Lipinski definition) is 1. The number of piperazine rings is 1. The molecule has 2 aromatic heterocycles. The van der Waals surface area contributed by atoms with Crippen LogP contribution in [-0.2, 0) is 23.7 Å². The minimum absolute atomic E-state index is 0.00827. The van der Waals surface area contributed by atoms with Gasteiger partial charge in [-0.15, -0.1) is 10.2 Å². The molecule has 0 unspecified atom stereocenters. The molecule has 1 fully saturated rings. The minimum atomic E-state index is -5.06. The Bertz CT molecular complexity index is 1250. The van der Waals surface area contributed by atoms with E-state index in [4.69, 9.17) is 9.63 Å². The number of rotatable bonds is 5. The van der Waals surface area contributed by atoms with Gasteiger partial charge in [0.1, 0.15) is 0 Å². The summed E-state index contributed by atoms with van der Waals surface area (Å²) in [6.45, 7) is -0.221. The highest BCUT2D eigenvalue weighted by molar-refractivity contribution is 5.95. The Kier molecular flexibility index (Phi) is 6.32. The number of carboxylic acids is 1. The number of aromatic nitrogens is 5. The van der Waals surface area contributed by atoms with E-state index >= 15 is 0 Å². The van der Waals surface area contributed by atoms with Crippen molar-refractivity contribution < 1.29 is 45.6 Å². The first-order valence-corrected chi connectivity index (χ1v) is 10.1. The first kappa shape index (κ1) is 24.9. The van der Waals surface area contributed by atoms with Crippen LogP contribution in [0.2, 0.25) is 0 Å². The number of carboxylic acid groups (broad SMARTS) is 1. The monoisotopic (exact) mass is 519 g/mol. The van der Waals surface area contributed by atoms with Gasteiger partial charge in [-0.25, -0.2) is 0 Å². The predicted molar refractivity (Wildman–Crippen MR) is 106 cm³/mol. The lowest BCUT2D eigenvalue weighted by Gasteiger charge is -2.34. The largest absolute Gasteiger partial charge is 0.480 e. The molecule has 1 aliphatic rings. The second kappa shape index (κ2) is 9.12. The molecule has 1 saturated heterocycles. The number of halogens is 6. The van der Waals surface area contributed by atoms with Crippen LogP contribution in [0.1, 0.15) is 21.5 Å². The lowest BCUT2D eigenvalue weighted by atomic mass is 10.0. The normalized spacial score (nSPS) is 14.8. The van der Waals surface area contributed by atoms with Crippen LogP contribution < -0.4 is 4.90 Å². The van der Waals surface area contributed by atoms with Crippen molar-refractivity contribution in [3.05, 3.63) is 41.0 Å². The Labute approximate surface area is 196 Å². The molecular weight excluding hydrogens is 504 g/mol. The molecule has 1 aliphatic heterocycles. The summed E-state index contributed by atoms with van der Waals surface area (Å²) in [7, 11) is 0. The van der Waals surface area contributed by atoms with Crippen LogP contribution in [0.15, 0.2) is 28.8 Å². The first-order chi connectivity index (χ1) is 16.8. The first-order valence-electron chi connectivity index (χ1n) is 10.1. The van der Waals surface area contributed by atoms with Gasteiger partial charge < -0.3 is 19.4 Å². The molecule has 0 atom stereocenters. The van der Waals surface area contributed by atoms with Crippen molar-refractivity contribution in [2.75, 3.05) is 31.1 Å². The molecule has 11 nitrogen and oxygen atoms in total. The number of anilines is 1. The quantitative estimate of drug-likeness (QED) is 0.505. The Morgan fingerprint density at radius 3 is 2.11 bits per heavy atom. The Hall–Kier alpha value is -4.18. The van der Waals surface area contributed by atoms with Crippen LogP contribution in [0.25, 0.3) is 11.6 Å². The van der Waals surface area contributed by atoms with Gasteiger partial charge in [0.2, 0.25) is 11.6 Å². The summed E-state index contributed by atoms with van der Waals surface area (Å²) >= 11 is 0. The molecule has 4 rings (SSSR count). The maximum Gasteiger partial charge on any atom is 0.416 e. The maximum atomic E-state index is 13.1. The third-order valence-corrected chi connectivity index (χ3v) is 5.17. The fraction of sp³-hybridized carbons (Fsp3) is 0.368. The van der Waals surface area contributed by atoms with E-state index in [0.717, 1.165) is 9.70 Å². The second-order valence-electron chi connectivity index (χ2n) is 7.66. The summed E-state index contributed by atoms with van der Waals surface area (Å²) < 4.78 is 83.8. The molecule has 0 bridgehead atoms. The molecule has 1 amide bonds. The number of tetrazole rings is 1. The van der Waals surface area contributed by atoms with Crippen LogP contribution in [-0.4, -0.2) is 73.4 Å². The van der Waals surface area contributed by atoms with Crippen molar-refractivity contribution in [2.45, 2.75) is 18.9 Å².